The lowest BCUT2D eigenvalue weighted by atomic mass is 10.2. The van der Waals surface area contributed by atoms with Crippen molar-refractivity contribution in [3.8, 4) is 5.75 Å². The summed E-state index contributed by atoms with van der Waals surface area (Å²) in [5.41, 5.74) is 7.58. The van der Waals surface area contributed by atoms with Crippen molar-refractivity contribution in [2.24, 2.45) is 0 Å². The van der Waals surface area contributed by atoms with Crippen molar-refractivity contribution in [3.63, 3.8) is 0 Å². The van der Waals surface area contributed by atoms with Crippen LogP contribution in [0.2, 0.25) is 0 Å². The summed E-state index contributed by atoms with van der Waals surface area (Å²) in [6, 6.07) is 5.76. The Labute approximate surface area is 113 Å². The zero-order valence-electron chi connectivity index (χ0n) is 11.2. The van der Waals surface area contributed by atoms with E-state index in [1.807, 2.05) is 30.7 Å². The molecule has 0 aliphatic carbocycles. The molecular formula is C14H20N4O. The van der Waals surface area contributed by atoms with Crippen LogP contribution in [0.1, 0.15) is 12.8 Å². The standard InChI is InChI=1S/C14H20N4O/c1-19-13-6-4-5-12(14(13)15)17-7-2-3-9-18-10-8-16-11-18/h4-6,8,10-11,17H,2-3,7,9,15H2,1H3. The Kier molecular flexibility index (Phi) is 4.66. The van der Waals surface area contributed by atoms with E-state index in [-0.39, 0.29) is 0 Å². The number of nitrogens with two attached hydrogens (primary N) is 1. The smallest absolute Gasteiger partial charge is 0.143 e. The lowest BCUT2D eigenvalue weighted by Crippen LogP contribution is -2.06. The van der Waals surface area contributed by atoms with Crippen LogP contribution in [0.15, 0.2) is 36.9 Å². The first kappa shape index (κ1) is 13.3. The number of ether oxygens (including phenoxy) is 1. The molecule has 19 heavy (non-hydrogen) atoms. The number of anilines is 2. The van der Waals surface area contributed by atoms with Gasteiger partial charge in [-0.25, -0.2) is 4.98 Å². The normalized spacial score (nSPS) is 10.4. The summed E-state index contributed by atoms with van der Waals surface area (Å²) in [7, 11) is 1.63. The van der Waals surface area contributed by atoms with Crippen LogP contribution >= 0.6 is 0 Å². The summed E-state index contributed by atoms with van der Waals surface area (Å²) in [6.45, 7) is 1.89. The quantitative estimate of drug-likeness (QED) is 0.592. The number of para-hydroxylation sites is 1. The highest BCUT2D eigenvalue weighted by atomic mass is 16.5. The van der Waals surface area contributed by atoms with E-state index in [1.165, 1.54) is 0 Å². The molecular weight excluding hydrogens is 240 g/mol. The van der Waals surface area contributed by atoms with Gasteiger partial charge in [-0.2, -0.15) is 0 Å². The van der Waals surface area contributed by atoms with Crippen LogP contribution in [0.5, 0.6) is 5.75 Å². The monoisotopic (exact) mass is 260 g/mol. The summed E-state index contributed by atoms with van der Waals surface area (Å²) < 4.78 is 7.27. The lowest BCUT2D eigenvalue weighted by Gasteiger charge is -2.12. The van der Waals surface area contributed by atoms with E-state index in [4.69, 9.17) is 10.5 Å². The third-order valence-corrected chi connectivity index (χ3v) is 3.00. The van der Waals surface area contributed by atoms with Crippen molar-refractivity contribution in [1.29, 1.82) is 0 Å². The van der Waals surface area contributed by atoms with Crippen molar-refractivity contribution < 1.29 is 4.74 Å². The second kappa shape index (κ2) is 6.68. The summed E-state index contributed by atoms with van der Waals surface area (Å²) in [5, 5.41) is 3.34. The van der Waals surface area contributed by atoms with Gasteiger partial charge in [-0.05, 0) is 25.0 Å². The third kappa shape index (κ3) is 3.64. The molecule has 0 spiro atoms. The van der Waals surface area contributed by atoms with Crippen molar-refractivity contribution >= 4 is 11.4 Å². The zero-order chi connectivity index (χ0) is 13.5. The van der Waals surface area contributed by atoms with E-state index in [0.717, 1.165) is 31.6 Å². The average Bonchev–Trinajstić information content (AvgIpc) is 2.93. The molecule has 0 atom stereocenters. The third-order valence-electron chi connectivity index (χ3n) is 3.00. The fraction of sp³-hybridized carbons (Fsp3) is 0.357. The maximum atomic E-state index is 5.99. The topological polar surface area (TPSA) is 65.1 Å². The number of methoxy groups -OCH3 is 1. The van der Waals surface area contributed by atoms with Gasteiger partial charge in [-0.3, -0.25) is 0 Å². The zero-order valence-corrected chi connectivity index (χ0v) is 11.2. The highest BCUT2D eigenvalue weighted by Crippen LogP contribution is 2.28. The molecule has 2 aromatic rings. The molecule has 0 aliphatic rings. The largest absolute Gasteiger partial charge is 0.495 e. The summed E-state index contributed by atoms with van der Waals surface area (Å²) in [5.74, 6) is 0.711. The van der Waals surface area contributed by atoms with Crippen molar-refractivity contribution in [3.05, 3.63) is 36.9 Å². The first-order valence-corrected chi connectivity index (χ1v) is 6.43. The van der Waals surface area contributed by atoms with E-state index in [9.17, 15) is 0 Å². The summed E-state index contributed by atoms with van der Waals surface area (Å²) in [6.07, 6.45) is 7.80. The molecule has 1 aromatic heterocycles. The molecule has 0 bridgehead atoms. The Hall–Kier alpha value is -2.17. The SMILES string of the molecule is COc1cccc(NCCCCn2ccnc2)c1N. The molecule has 5 heteroatoms. The molecule has 0 radical (unpaired) electrons. The number of hydrogen-bond donors (Lipinski definition) is 2. The molecule has 0 unspecified atom stereocenters. The van der Waals surface area contributed by atoms with Crippen molar-refractivity contribution in [2.45, 2.75) is 19.4 Å². The van der Waals surface area contributed by atoms with E-state index in [1.54, 1.807) is 13.3 Å². The predicted octanol–water partition coefficient (Wildman–Crippen LogP) is 2.37. The molecule has 0 fully saturated rings. The minimum absolute atomic E-state index is 0.666. The molecule has 1 heterocycles. The number of nitrogens with one attached hydrogen (secondary N) is 1. The Morgan fingerprint density at radius 1 is 1.37 bits per heavy atom. The van der Waals surface area contributed by atoms with Crippen LogP contribution in [0.3, 0.4) is 0 Å². The van der Waals surface area contributed by atoms with Gasteiger partial charge in [-0.1, -0.05) is 6.07 Å². The van der Waals surface area contributed by atoms with Gasteiger partial charge in [0.2, 0.25) is 0 Å². The highest BCUT2D eigenvalue weighted by Gasteiger charge is 2.03. The van der Waals surface area contributed by atoms with Gasteiger partial charge in [0.25, 0.3) is 0 Å². The number of rotatable bonds is 7. The number of hydrogen-bond acceptors (Lipinski definition) is 4. The van der Waals surface area contributed by atoms with Gasteiger partial charge >= 0.3 is 0 Å². The maximum Gasteiger partial charge on any atom is 0.143 e. The first-order valence-electron chi connectivity index (χ1n) is 6.43. The Morgan fingerprint density at radius 3 is 3.00 bits per heavy atom. The minimum Gasteiger partial charge on any atom is -0.495 e. The molecule has 5 nitrogen and oxygen atoms in total. The van der Waals surface area contributed by atoms with E-state index >= 15 is 0 Å². The number of benzene rings is 1. The molecule has 0 aliphatic heterocycles. The van der Waals surface area contributed by atoms with Crippen LogP contribution < -0.4 is 15.8 Å². The molecule has 102 valence electrons. The van der Waals surface area contributed by atoms with Gasteiger partial charge < -0.3 is 20.4 Å². The van der Waals surface area contributed by atoms with Crippen LogP contribution in [0.4, 0.5) is 11.4 Å². The van der Waals surface area contributed by atoms with Gasteiger partial charge in [0.15, 0.2) is 0 Å². The van der Waals surface area contributed by atoms with Crippen molar-refractivity contribution in [2.75, 3.05) is 24.7 Å². The van der Waals surface area contributed by atoms with Crippen LogP contribution in [0, 0.1) is 0 Å². The van der Waals surface area contributed by atoms with Gasteiger partial charge in [0.1, 0.15) is 5.75 Å². The summed E-state index contributed by atoms with van der Waals surface area (Å²) >= 11 is 0. The van der Waals surface area contributed by atoms with Crippen LogP contribution in [-0.2, 0) is 6.54 Å². The molecule has 0 saturated carbocycles. The first-order chi connectivity index (χ1) is 9.31. The van der Waals surface area contributed by atoms with E-state index in [2.05, 4.69) is 14.9 Å². The van der Waals surface area contributed by atoms with Crippen LogP contribution in [-0.4, -0.2) is 23.2 Å². The lowest BCUT2D eigenvalue weighted by molar-refractivity contribution is 0.417. The van der Waals surface area contributed by atoms with Crippen LogP contribution in [0.25, 0.3) is 0 Å². The van der Waals surface area contributed by atoms with Gasteiger partial charge in [0.05, 0.1) is 24.8 Å². The highest BCUT2D eigenvalue weighted by molar-refractivity contribution is 5.72. The number of nitrogens with zero attached hydrogens (tertiary/aromatic N) is 2. The number of aromatic nitrogens is 2. The molecule has 0 saturated heterocycles. The van der Waals surface area contributed by atoms with Crippen molar-refractivity contribution in [1.82, 2.24) is 9.55 Å². The second-order valence-electron chi connectivity index (χ2n) is 4.36. The number of unbranched alkanes of at least 4 members (excludes halogenated alkanes) is 1. The molecule has 0 amide bonds. The Balaban J connectivity index is 1.73. The average molecular weight is 260 g/mol. The van der Waals surface area contributed by atoms with Gasteiger partial charge in [-0.15, -0.1) is 0 Å². The molecule has 3 N–H and O–H groups in total. The Bertz CT molecular complexity index is 496. The fourth-order valence-corrected chi connectivity index (χ4v) is 1.94. The number of imidazole rings is 1. The number of nitrogen functional groups attached to an aromatic ring is 1. The maximum absolute atomic E-state index is 5.99. The predicted molar refractivity (Wildman–Crippen MR) is 77.4 cm³/mol. The minimum atomic E-state index is 0.666. The Morgan fingerprint density at radius 2 is 2.26 bits per heavy atom. The molecule has 2 rings (SSSR count). The fourth-order valence-electron chi connectivity index (χ4n) is 1.94. The van der Waals surface area contributed by atoms with E-state index < -0.39 is 0 Å². The van der Waals surface area contributed by atoms with Gasteiger partial charge in [0, 0.05) is 25.5 Å². The second-order valence-corrected chi connectivity index (χ2v) is 4.36. The summed E-state index contributed by atoms with van der Waals surface area (Å²) in [4.78, 5) is 4.02. The number of aryl methyl sites for hydroxylation is 1. The molecule has 1 aromatic carbocycles. The van der Waals surface area contributed by atoms with E-state index in [0.29, 0.717) is 11.4 Å².